The number of piperidine rings is 1. The zero-order valence-corrected chi connectivity index (χ0v) is 18.1. The van der Waals surface area contributed by atoms with Crippen LogP contribution in [0.1, 0.15) is 47.4 Å². The first-order chi connectivity index (χ1) is 14.5. The zero-order valence-electron chi connectivity index (χ0n) is 18.1. The van der Waals surface area contributed by atoms with Gasteiger partial charge in [0.2, 0.25) is 0 Å². The van der Waals surface area contributed by atoms with Gasteiger partial charge in [-0.15, -0.1) is 0 Å². The van der Waals surface area contributed by atoms with Crippen LogP contribution in [0.5, 0.6) is 5.75 Å². The maximum Gasteiger partial charge on any atom is 0.261 e. The van der Waals surface area contributed by atoms with Crippen LogP contribution in [0.4, 0.5) is 5.69 Å². The van der Waals surface area contributed by atoms with Gasteiger partial charge in [-0.1, -0.05) is 17.7 Å². The normalized spacial score (nSPS) is 15.5. The largest absolute Gasteiger partial charge is 0.492 e. The number of hydrogen-bond donors (Lipinski definition) is 1. The fraction of sp³-hybridized carbons (Fsp3) is 0.435. The number of rotatable bonds is 5. The first-order valence-electron chi connectivity index (χ1n) is 10.5. The third-order valence-electron chi connectivity index (χ3n) is 5.72. The van der Waals surface area contributed by atoms with Gasteiger partial charge in [0.1, 0.15) is 11.3 Å². The summed E-state index contributed by atoms with van der Waals surface area (Å²) in [7, 11) is 2.15. The van der Waals surface area contributed by atoms with E-state index in [-0.39, 0.29) is 5.91 Å². The Morgan fingerprint density at radius 2 is 1.90 bits per heavy atom. The summed E-state index contributed by atoms with van der Waals surface area (Å²) in [5.74, 6) is 0.326. The summed E-state index contributed by atoms with van der Waals surface area (Å²) < 4.78 is 7.99. The van der Waals surface area contributed by atoms with Gasteiger partial charge in [0.05, 0.1) is 23.7 Å². The molecule has 1 aliphatic rings. The molecule has 0 atom stereocenters. The zero-order chi connectivity index (χ0) is 21.3. The van der Waals surface area contributed by atoms with Gasteiger partial charge in [0, 0.05) is 11.9 Å². The van der Waals surface area contributed by atoms with Crippen LogP contribution in [0, 0.1) is 13.8 Å². The van der Waals surface area contributed by atoms with Gasteiger partial charge in [0.15, 0.2) is 5.65 Å². The van der Waals surface area contributed by atoms with Crippen LogP contribution >= 0.6 is 0 Å². The van der Waals surface area contributed by atoms with Gasteiger partial charge >= 0.3 is 0 Å². The highest BCUT2D eigenvalue weighted by atomic mass is 16.5. The van der Waals surface area contributed by atoms with E-state index in [9.17, 15) is 4.79 Å². The number of carbonyl (C=O) groups is 1. The van der Waals surface area contributed by atoms with E-state index in [0.29, 0.717) is 24.0 Å². The number of hydrogen-bond acceptors (Lipinski definition) is 5. The van der Waals surface area contributed by atoms with E-state index < -0.39 is 0 Å². The van der Waals surface area contributed by atoms with E-state index in [1.165, 1.54) is 0 Å². The molecule has 30 heavy (non-hydrogen) atoms. The molecule has 3 aromatic rings. The standard InChI is InChI=1S/C23H29N5O2/c1-5-30-21-19(23(29)25-17-8-6-15(2)7-9-17)14-24-22-20(21)16(3)26-28(22)18-10-12-27(4)13-11-18/h6-9,14,18H,5,10-13H2,1-4H3,(H,25,29). The first-order valence-corrected chi connectivity index (χ1v) is 10.5. The van der Waals surface area contributed by atoms with Crippen molar-refractivity contribution in [3.05, 3.63) is 47.3 Å². The second-order valence-electron chi connectivity index (χ2n) is 8.02. The minimum Gasteiger partial charge on any atom is -0.492 e. The fourth-order valence-corrected chi connectivity index (χ4v) is 4.03. The summed E-state index contributed by atoms with van der Waals surface area (Å²) in [6.45, 7) is 8.44. The molecule has 7 heteroatoms. The number of fused-ring (bicyclic) bond motifs is 1. The number of amides is 1. The van der Waals surface area contributed by atoms with Crippen molar-refractivity contribution in [3.8, 4) is 5.75 Å². The molecule has 0 unspecified atom stereocenters. The van der Waals surface area contributed by atoms with E-state index in [1.807, 2.05) is 49.7 Å². The van der Waals surface area contributed by atoms with Crippen molar-refractivity contribution in [2.24, 2.45) is 0 Å². The van der Waals surface area contributed by atoms with Gasteiger partial charge < -0.3 is 15.0 Å². The number of pyridine rings is 1. The summed E-state index contributed by atoms with van der Waals surface area (Å²) >= 11 is 0. The van der Waals surface area contributed by atoms with E-state index in [0.717, 1.165) is 53.9 Å². The summed E-state index contributed by atoms with van der Waals surface area (Å²) in [5.41, 5.74) is 3.94. The molecule has 0 radical (unpaired) electrons. The van der Waals surface area contributed by atoms with Crippen molar-refractivity contribution in [2.45, 2.75) is 39.7 Å². The molecule has 1 aliphatic heterocycles. The SMILES string of the molecule is CCOc1c(C(=O)Nc2ccc(C)cc2)cnc2c1c(C)nn2C1CCN(C)CC1. The molecule has 3 heterocycles. The monoisotopic (exact) mass is 407 g/mol. The molecule has 158 valence electrons. The molecule has 0 spiro atoms. The van der Waals surface area contributed by atoms with Crippen molar-refractivity contribution in [1.29, 1.82) is 0 Å². The third kappa shape index (κ3) is 3.89. The Labute approximate surface area is 177 Å². The maximum absolute atomic E-state index is 13.0. The molecule has 1 amide bonds. The Hall–Kier alpha value is -2.93. The average Bonchev–Trinajstić information content (AvgIpc) is 3.07. The quantitative estimate of drug-likeness (QED) is 0.693. The molecule has 0 saturated carbocycles. The Morgan fingerprint density at radius 1 is 1.20 bits per heavy atom. The molecule has 2 aromatic heterocycles. The Bertz CT molecular complexity index is 1050. The van der Waals surface area contributed by atoms with Crippen molar-refractivity contribution in [2.75, 3.05) is 32.1 Å². The molecule has 1 N–H and O–H groups in total. The van der Waals surface area contributed by atoms with E-state index in [1.54, 1.807) is 6.20 Å². The third-order valence-corrected chi connectivity index (χ3v) is 5.72. The number of anilines is 1. The van der Waals surface area contributed by atoms with E-state index in [4.69, 9.17) is 9.84 Å². The lowest BCUT2D eigenvalue weighted by Crippen LogP contribution is -2.32. The second kappa shape index (κ2) is 8.44. The first kappa shape index (κ1) is 20.3. The summed E-state index contributed by atoms with van der Waals surface area (Å²) in [5, 5.41) is 8.58. The number of benzene rings is 1. The molecular formula is C23H29N5O2. The summed E-state index contributed by atoms with van der Waals surface area (Å²) in [6, 6.07) is 8.03. The number of aryl methyl sites for hydroxylation is 2. The molecular weight excluding hydrogens is 378 g/mol. The molecule has 1 fully saturated rings. The smallest absolute Gasteiger partial charge is 0.261 e. The molecule has 0 bridgehead atoms. The Kier molecular flexibility index (Phi) is 5.72. The van der Waals surface area contributed by atoms with Gasteiger partial charge in [-0.05, 0) is 65.9 Å². The highest BCUT2D eigenvalue weighted by Crippen LogP contribution is 2.34. The maximum atomic E-state index is 13.0. The van der Waals surface area contributed by atoms with Gasteiger partial charge in [-0.2, -0.15) is 5.10 Å². The number of nitrogens with one attached hydrogen (secondary N) is 1. The van der Waals surface area contributed by atoms with Crippen molar-refractivity contribution in [3.63, 3.8) is 0 Å². The highest BCUT2D eigenvalue weighted by molar-refractivity contribution is 6.09. The molecule has 0 aliphatic carbocycles. The predicted octanol–water partition coefficient (Wildman–Crippen LogP) is 3.97. The second-order valence-corrected chi connectivity index (χ2v) is 8.02. The van der Waals surface area contributed by atoms with Gasteiger partial charge in [-0.3, -0.25) is 4.79 Å². The van der Waals surface area contributed by atoms with Crippen LogP contribution in [0.3, 0.4) is 0 Å². The molecule has 4 rings (SSSR count). The highest BCUT2D eigenvalue weighted by Gasteiger charge is 2.26. The lowest BCUT2D eigenvalue weighted by Gasteiger charge is -2.29. The van der Waals surface area contributed by atoms with Crippen LogP contribution in [0.15, 0.2) is 30.5 Å². The van der Waals surface area contributed by atoms with Crippen molar-refractivity contribution in [1.82, 2.24) is 19.7 Å². The van der Waals surface area contributed by atoms with E-state index in [2.05, 4.69) is 22.2 Å². The van der Waals surface area contributed by atoms with Crippen LogP contribution in [-0.2, 0) is 0 Å². The fourth-order valence-electron chi connectivity index (χ4n) is 4.03. The van der Waals surface area contributed by atoms with Crippen LogP contribution in [-0.4, -0.2) is 52.3 Å². The number of aromatic nitrogens is 3. The average molecular weight is 408 g/mol. The van der Waals surface area contributed by atoms with Crippen LogP contribution in [0.25, 0.3) is 11.0 Å². The van der Waals surface area contributed by atoms with Crippen LogP contribution in [0.2, 0.25) is 0 Å². The lowest BCUT2D eigenvalue weighted by atomic mass is 10.1. The number of carbonyl (C=O) groups excluding carboxylic acids is 1. The van der Waals surface area contributed by atoms with Crippen molar-refractivity contribution < 1.29 is 9.53 Å². The summed E-state index contributed by atoms with van der Waals surface area (Å²) in [6.07, 6.45) is 3.69. The molecule has 1 saturated heterocycles. The minimum absolute atomic E-state index is 0.233. The predicted molar refractivity (Wildman–Crippen MR) is 118 cm³/mol. The Balaban J connectivity index is 1.72. The van der Waals surface area contributed by atoms with Gasteiger partial charge in [0.25, 0.3) is 5.91 Å². The molecule has 7 nitrogen and oxygen atoms in total. The summed E-state index contributed by atoms with van der Waals surface area (Å²) in [4.78, 5) is 20.0. The lowest BCUT2D eigenvalue weighted by molar-refractivity contribution is 0.102. The number of likely N-dealkylation sites (tertiary alicyclic amines) is 1. The van der Waals surface area contributed by atoms with E-state index >= 15 is 0 Å². The topological polar surface area (TPSA) is 72.3 Å². The molecule has 1 aromatic carbocycles. The van der Waals surface area contributed by atoms with Gasteiger partial charge in [-0.25, -0.2) is 9.67 Å². The number of ether oxygens (including phenoxy) is 1. The Morgan fingerprint density at radius 3 is 2.57 bits per heavy atom. The number of nitrogens with zero attached hydrogens (tertiary/aromatic N) is 4. The minimum atomic E-state index is -0.233. The van der Waals surface area contributed by atoms with Crippen molar-refractivity contribution >= 4 is 22.6 Å². The van der Waals surface area contributed by atoms with Crippen LogP contribution < -0.4 is 10.1 Å².